The lowest BCUT2D eigenvalue weighted by Gasteiger charge is -2.45. The quantitative estimate of drug-likeness (QED) is 0.410. The van der Waals surface area contributed by atoms with Crippen LogP contribution >= 0.6 is 11.6 Å². The molecule has 2 aliphatic rings. The van der Waals surface area contributed by atoms with Gasteiger partial charge in [0.1, 0.15) is 5.82 Å². The zero-order chi connectivity index (χ0) is 29.0. The van der Waals surface area contributed by atoms with Crippen LogP contribution in [-0.4, -0.2) is 68.1 Å². The lowest BCUT2D eigenvalue weighted by atomic mass is 9.65. The Balaban J connectivity index is 0.000000532. The van der Waals surface area contributed by atoms with Crippen LogP contribution in [0.5, 0.6) is 11.5 Å². The molecule has 3 atom stereocenters. The topological polar surface area (TPSA) is 100 Å². The molecule has 8 nitrogen and oxygen atoms in total. The summed E-state index contributed by atoms with van der Waals surface area (Å²) in [6.07, 6.45) is -1.33. The minimum Gasteiger partial charge on any atom is -0.493 e. The molecule has 2 aromatic carbocycles. The maximum Gasteiger partial charge on any atom is 0.490 e. The van der Waals surface area contributed by atoms with E-state index >= 15 is 0 Å². The number of fused-ring (bicyclic) bond motifs is 1. The Morgan fingerprint density at radius 1 is 1.10 bits per heavy atom. The molecular formula is C26H30ClF4N3O5. The summed E-state index contributed by atoms with van der Waals surface area (Å²) in [6, 6.07) is 10.4. The first kappa shape index (κ1) is 30.3. The lowest BCUT2D eigenvalue weighted by Crippen LogP contribution is -2.52. The number of carboxylic acids is 1. The third-order valence-electron chi connectivity index (χ3n) is 7.24. The monoisotopic (exact) mass is 575 g/mol. The van der Waals surface area contributed by atoms with Crippen LogP contribution < -0.4 is 20.1 Å². The highest BCUT2D eigenvalue weighted by Crippen LogP contribution is 2.49. The van der Waals surface area contributed by atoms with E-state index in [1.54, 1.807) is 14.2 Å². The summed E-state index contributed by atoms with van der Waals surface area (Å²) >= 11 is 5.81. The van der Waals surface area contributed by atoms with E-state index < -0.39 is 18.0 Å². The van der Waals surface area contributed by atoms with Gasteiger partial charge in [0.15, 0.2) is 11.5 Å². The minimum absolute atomic E-state index is 0.0206. The van der Waals surface area contributed by atoms with Crippen molar-refractivity contribution in [3.63, 3.8) is 0 Å². The van der Waals surface area contributed by atoms with E-state index in [9.17, 15) is 22.4 Å². The number of nitrogens with one attached hydrogen (secondary N) is 2. The molecule has 1 heterocycles. The number of rotatable bonds is 5. The van der Waals surface area contributed by atoms with E-state index in [1.807, 2.05) is 6.07 Å². The van der Waals surface area contributed by atoms with E-state index in [1.165, 1.54) is 23.8 Å². The molecule has 1 aliphatic carbocycles. The van der Waals surface area contributed by atoms with Crippen LogP contribution in [0, 0.1) is 5.82 Å². The fourth-order valence-electron chi connectivity index (χ4n) is 5.32. The number of halogens is 5. The maximum absolute atomic E-state index is 13.4. The van der Waals surface area contributed by atoms with Gasteiger partial charge in [-0.05, 0) is 75.2 Å². The van der Waals surface area contributed by atoms with Crippen molar-refractivity contribution >= 4 is 29.3 Å². The second kappa shape index (κ2) is 12.3. The molecule has 0 radical (unpaired) electrons. The van der Waals surface area contributed by atoms with Crippen molar-refractivity contribution in [1.82, 2.24) is 10.2 Å². The molecule has 1 saturated carbocycles. The highest BCUT2D eigenvalue weighted by Gasteiger charge is 2.50. The Morgan fingerprint density at radius 3 is 2.36 bits per heavy atom. The predicted molar refractivity (Wildman–Crippen MR) is 137 cm³/mol. The molecular weight excluding hydrogens is 546 g/mol. The van der Waals surface area contributed by atoms with Crippen LogP contribution in [0.1, 0.15) is 31.2 Å². The number of methoxy groups -OCH3 is 2. The average Bonchev–Trinajstić information content (AvgIpc) is 3.22. The third-order valence-corrected chi connectivity index (χ3v) is 7.53. The van der Waals surface area contributed by atoms with Crippen LogP contribution in [0.2, 0.25) is 5.02 Å². The number of anilines is 1. The van der Waals surface area contributed by atoms with Crippen molar-refractivity contribution in [3.05, 3.63) is 52.8 Å². The third kappa shape index (κ3) is 7.04. The number of urea groups is 1. The first-order valence-electron chi connectivity index (χ1n) is 12.1. The summed E-state index contributed by atoms with van der Waals surface area (Å²) < 4.78 is 56.1. The van der Waals surface area contributed by atoms with Gasteiger partial charge < -0.3 is 30.1 Å². The molecule has 0 aromatic heterocycles. The molecule has 0 unspecified atom stereocenters. The molecule has 0 bridgehead atoms. The summed E-state index contributed by atoms with van der Waals surface area (Å²) in [5.41, 5.74) is 1.74. The van der Waals surface area contributed by atoms with Crippen molar-refractivity contribution in [2.45, 2.75) is 49.4 Å². The van der Waals surface area contributed by atoms with Crippen molar-refractivity contribution in [1.29, 1.82) is 0 Å². The second-order valence-electron chi connectivity index (χ2n) is 9.47. The smallest absolute Gasteiger partial charge is 0.490 e. The number of carbonyl (C=O) groups is 2. The molecule has 214 valence electrons. The molecule has 1 aliphatic heterocycles. The molecule has 0 spiro atoms. The van der Waals surface area contributed by atoms with E-state index in [-0.39, 0.29) is 22.5 Å². The van der Waals surface area contributed by atoms with E-state index in [0.717, 1.165) is 43.7 Å². The SMILES string of the molecule is COc1ccc([C@@]23CC[C@@H](NC(=O)Nc4ccc(F)c(Cl)c4)C[C@@H]2N(C)CC3)cc1OC.O=C(O)C(F)(F)F. The minimum atomic E-state index is -5.08. The van der Waals surface area contributed by atoms with Gasteiger partial charge in [-0.2, -0.15) is 13.2 Å². The lowest BCUT2D eigenvalue weighted by molar-refractivity contribution is -0.192. The largest absolute Gasteiger partial charge is 0.493 e. The predicted octanol–water partition coefficient (Wildman–Crippen LogP) is 5.45. The molecule has 13 heteroatoms. The zero-order valence-corrected chi connectivity index (χ0v) is 22.3. The number of likely N-dealkylation sites (tertiary alicyclic amines) is 1. The Bertz CT molecular complexity index is 1200. The summed E-state index contributed by atoms with van der Waals surface area (Å²) in [4.78, 5) is 23.8. The Morgan fingerprint density at radius 2 is 1.77 bits per heavy atom. The number of amides is 2. The second-order valence-corrected chi connectivity index (χ2v) is 9.88. The van der Waals surface area contributed by atoms with Gasteiger partial charge >= 0.3 is 18.2 Å². The Labute approximate surface area is 228 Å². The molecule has 4 rings (SSSR count). The number of aliphatic carboxylic acids is 1. The number of alkyl halides is 3. The van der Waals surface area contributed by atoms with Gasteiger partial charge in [-0.1, -0.05) is 17.7 Å². The van der Waals surface area contributed by atoms with E-state index in [4.69, 9.17) is 31.0 Å². The van der Waals surface area contributed by atoms with Crippen molar-refractivity contribution in [2.75, 3.05) is 33.1 Å². The van der Waals surface area contributed by atoms with Gasteiger partial charge in [-0.15, -0.1) is 0 Å². The Hall–Kier alpha value is -3.25. The number of carboxylic acid groups (broad SMARTS) is 1. The van der Waals surface area contributed by atoms with Crippen molar-refractivity contribution in [2.24, 2.45) is 0 Å². The van der Waals surface area contributed by atoms with Crippen LogP contribution in [0.3, 0.4) is 0 Å². The van der Waals surface area contributed by atoms with E-state index in [2.05, 4.69) is 34.7 Å². The number of hydrogen-bond donors (Lipinski definition) is 3. The van der Waals surface area contributed by atoms with Crippen LogP contribution in [0.15, 0.2) is 36.4 Å². The zero-order valence-electron chi connectivity index (χ0n) is 21.6. The molecule has 1 saturated heterocycles. The van der Waals surface area contributed by atoms with Crippen molar-refractivity contribution < 1.29 is 41.7 Å². The highest BCUT2D eigenvalue weighted by atomic mass is 35.5. The summed E-state index contributed by atoms with van der Waals surface area (Å²) in [5, 5.41) is 12.9. The fourth-order valence-corrected chi connectivity index (χ4v) is 5.50. The molecule has 2 aromatic rings. The highest BCUT2D eigenvalue weighted by molar-refractivity contribution is 6.31. The number of nitrogens with zero attached hydrogens (tertiary/aromatic N) is 1. The summed E-state index contributed by atoms with van der Waals surface area (Å²) in [7, 11) is 5.45. The summed E-state index contributed by atoms with van der Waals surface area (Å²) in [5.74, 6) is -1.80. The van der Waals surface area contributed by atoms with Crippen molar-refractivity contribution in [3.8, 4) is 11.5 Å². The number of hydrogen-bond acceptors (Lipinski definition) is 5. The number of benzene rings is 2. The normalized spacial score (nSPS) is 22.7. The summed E-state index contributed by atoms with van der Waals surface area (Å²) in [6.45, 7) is 1.01. The molecule has 39 heavy (non-hydrogen) atoms. The number of likely N-dealkylation sites (N-methyl/N-ethyl adjacent to an activating group) is 1. The van der Waals surface area contributed by atoms with Gasteiger partial charge in [-0.25, -0.2) is 14.0 Å². The number of carbonyl (C=O) groups excluding carboxylic acids is 1. The standard InChI is InChI=1S/C24H29ClFN3O3.C2HF3O2/c1-29-11-10-24(15-4-7-20(31-2)21(12-15)32-3)9-8-17(14-22(24)29)28-23(30)27-16-5-6-19(26)18(25)13-16;3-2(4,5)1(6)7/h4-7,12-13,17,22H,8-11,14H2,1-3H3,(H2,27,28,30);(H,6,7)/t17-,22+,24+;/m1./s1. The first-order chi connectivity index (χ1) is 18.3. The Kier molecular flexibility index (Phi) is 9.55. The van der Waals surface area contributed by atoms with Gasteiger partial charge in [0.25, 0.3) is 0 Å². The van der Waals surface area contributed by atoms with Gasteiger partial charge in [0.05, 0.1) is 19.2 Å². The van der Waals surface area contributed by atoms with Gasteiger partial charge in [-0.3, -0.25) is 0 Å². The first-order valence-corrected chi connectivity index (χ1v) is 12.4. The van der Waals surface area contributed by atoms with Gasteiger partial charge in [0.2, 0.25) is 0 Å². The molecule has 3 N–H and O–H groups in total. The van der Waals surface area contributed by atoms with Crippen LogP contribution in [-0.2, 0) is 10.2 Å². The van der Waals surface area contributed by atoms with Crippen LogP contribution in [0.25, 0.3) is 0 Å². The number of ether oxygens (including phenoxy) is 2. The van der Waals surface area contributed by atoms with Crippen LogP contribution in [0.4, 0.5) is 28.0 Å². The average molecular weight is 576 g/mol. The molecule has 2 fully saturated rings. The van der Waals surface area contributed by atoms with Gasteiger partial charge in [0, 0.05) is 23.2 Å². The maximum atomic E-state index is 13.4. The fraction of sp³-hybridized carbons (Fsp3) is 0.462. The molecule has 2 amide bonds. The van der Waals surface area contributed by atoms with E-state index in [0.29, 0.717) is 11.7 Å².